The van der Waals surface area contributed by atoms with Gasteiger partial charge in [0.15, 0.2) is 17.0 Å². The van der Waals surface area contributed by atoms with E-state index in [0.717, 1.165) is 40.9 Å². The van der Waals surface area contributed by atoms with E-state index in [4.69, 9.17) is 14.5 Å². The second-order valence-corrected chi connectivity index (χ2v) is 8.19. The normalized spacial score (nSPS) is 14.3. The minimum atomic E-state index is 0.133. The van der Waals surface area contributed by atoms with Gasteiger partial charge in [0, 0.05) is 31.3 Å². The molecule has 0 amide bonds. The van der Waals surface area contributed by atoms with E-state index < -0.39 is 0 Å². The Morgan fingerprint density at radius 3 is 2.66 bits per heavy atom. The van der Waals surface area contributed by atoms with Gasteiger partial charge in [-0.15, -0.1) is 0 Å². The molecule has 0 unspecified atom stereocenters. The molecule has 166 valence electrons. The van der Waals surface area contributed by atoms with Crippen molar-refractivity contribution in [1.29, 1.82) is 0 Å². The van der Waals surface area contributed by atoms with E-state index in [2.05, 4.69) is 49.4 Å². The average molecular weight is 433 g/mol. The Labute approximate surface area is 186 Å². The van der Waals surface area contributed by atoms with Gasteiger partial charge in [-0.25, -0.2) is 4.98 Å². The van der Waals surface area contributed by atoms with Crippen molar-refractivity contribution >= 4 is 22.9 Å². The summed E-state index contributed by atoms with van der Waals surface area (Å²) in [6.45, 7) is 1.37. The molecule has 1 saturated carbocycles. The Morgan fingerprint density at radius 2 is 1.91 bits per heavy atom. The van der Waals surface area contributed by atoms with Gasteiger partial charge in [0.25, 0.3) is 0 Å². The zero-order valence-corrected chi connectivity index (χ0v) is 18.0. The van der Waals surface area contributed by atoms with E-state index in [-0.39, 0.29) is 6.61 Å². The number of hydrogen-bond donors (Lipinski definition) is 3. The Morgan fingerprint density at radius 1 is 1.06 bits per heavy atom. The van der Waals surface area contributed by atoms with Gasteiger partial charge in [-0.1, -0.05) is 37.1 Å². The third kappa shape index (κ3) is 4.31. The first-order chi connectivity index (χ1) is 15.8. The van der Waals surface area contributed by atoms with Crippen LogP contribution in [0.2, 0.25) is 0 Å². The van der Waals surface area contributed by atoms with Gasteiger partial charge < -0.3 is 24.7 Å². The average Bonchev–Trinajstić information content (AvgIpc) is 3.59. The number of benzene rings is 1. The predicted molar refractivity (Wildman–Crippen MR) is 124 cm³/mol. The molecule has 1 fully saturated rings. The summed E-state index contributed by atoms with van der Waals surface area (Å²) < 4.78 is 7.67. The van der Waals surface area contributed by atoms with Crippen molar-refractivity contribution in [2.75, 3.05) is 23.8 Å². The monoisotopic (exact) mass is 432 g/mol. The summed E-state index contributed by atoms with van der Waals surface area (Å²) in [5, 5.41) is 15.8. The highest BCUT2D eigenvalue weighted by molar-refractivity contribution is 5.84. The van der Waals surface area contributed by atoms with Gasteiger partial charge in [-0.3, -0.25) is 0 Å². The number of anilines is 2. The quantitative estimate of drug-likeness (QED) is 0.332. The lowest BCUT2D eigenvalue weighted by molar-refractivity contribution is 0.292. The zero-order valence-electron chi connectivity index (χ0n) is 18.0. The first kappa shape index (κ1) is 20.5. The summed E-state index contributed by atoms with van der Waals surface area (Å²) >= 11 is 0. The molecule has 3 aromatic heterocycles. The summed E-state index contributed by atoms with van der Waals surface area (Å²) in [5.74, 6) is 2.13. The smallest absolute Gasteiger partial charge is 0.226 e. The molecule has 0 aliphatic heterocycles. The standard InChI is InChI=1S/C24H28N6O2/c31-13-4-12-25-24-28-22(21-23(29-24)30(16-27-21)19-5-1-2-6-19)26-15-17-8-10-18(11-9-17)20-7-3-14-32-20/h3,7-11,14,16,19,31H,1-2,4-6,12-13,15H2,(H2,25,26,28,29). The molecular formula is C24H28N6O2. The van der Waals surface area contributed by atoms with Crippen LogP contribution < -0.4 is 10.6 Å². The lowest BCUT2D eigenvalue weighted by Crippen LogP contribution is -2.11. The van der Waals surface area contributed by atoms with Crippen molar-refractivity contribution in [1.82, 2.24) is 19.5 Å². The van der Waals surface area contributed by atoms with E-state index in [1.165, 1.54) is 12.8 Å². The Kier molecular flexibility index (Phi) is 6.02. The molecule has 4 aromatic rings. The summed E-state index contributed by atoms with van der Waals surface area (Å²) in [6.07, 6.45) is 9.04. The molecule has 8 nitrogen and oxygen atoms in total. The molecule has 0 atom stereocenters. The molecule has 0 bridgehead atoms. The van der Waals surface area contributed by atoms with Crippen molar-refractivity contribution in [2.45, 2.75) is 44.7 Å². The minimum absolute atomic E-state index is 0.133. The van der Waals surface area contributed by atoms with Crippen LogP contribution in [0.1, 0.15) is 43.7 Å². The fourth-order valence-electron chi connectivity index (χ4n) is 4.26. The number of nitrogens with one attached hydrogen (secondary N) is 2. The van der Waals surface area contributed by atoms with Crippen LogP contribution in [-0.2, 0) is 6.54 Å². The molecule has 32 heavy (non-hydrogen) atoms. The van der Waals surface area contributed by atoms with Gasteiger partial charge in [0.2, 0.25) is 5.95 Å². The molecule has 0 radical (unpaired) electrons. The van der Waals surface area contributed by atoms with Crippen LogP contribution in [0.25, 0.3) is 22.5 Å². The van der Waals surface area contributed by atoms with Crippen molar-refractivity contribution in [3.63, 3.8) is 0 Å². The van der Waals surface area contributed by atoms with Crippen molar-refractivity contribution in [3.8, 4) is 11.3 Å². The summed E-state index contributed by atoms with van der Waals surface area (Å²) in [6, 6.07) is 12.6. The third-order valence-electron chi connectivity index (χ3n) is 5.98. The first-order valence-electron chi connectivity index (χ1n) is 11.3. The second-order valence-electron chi connectivity index (χ2n) is 8.19. The van der Waals surface area contributed by atoms with Gasteiger partial charge >= 0.3 is 0 Å². The number of hydrogen-bond acceptors (Lipinski definition) is 7. The Balaban J connectivity index is 1.39. The van der Waals surface area contributed by atoms with Crippen LogP contribution in [0, 0.1) is 0 Å². The van der Waals surface area contributed by atoms with Crippen LogP contribution in [-0.4, -0.2) is 37.8 Å². The summed E-state index contributed by atoms with van der Waals surface area (Å²) in [4.78, 5) is 14.1. The number of aromatic nitrogens is 4. The maximum Gasteiger partial charge on any atom is 0.226 e. The number of imidazole rings is 1. The number of nitrogens with zero attached hydrogens (tertiary/aromatic N) is 4. The van der Waals surface area contributed by atoms with Crippen molar-refractivity contribution < 1.29 is 9.52 Å². The summed E-state index contributed by atoms with van der Waals surface area (Å²) in [5.41, 5.74) is 3.83. The van der Waals surface area contributed by atoms with E-state index in [0.29, 0.717) is 37.3 Å². The Bertz CT molecular complexity index is 1150. The van der Waals surface area contributed by atoms with Gasteiger partial charge in [0.1, 0.15) is 5.76 Å². The Hall–Kier alpha value is -3.39. The van der Waals surface area contributed by atoms with E-state index >= 15 is 0 Å². The number of furan rings is 1. The minimum Gasteiger partial charge on any atom is -0.464 e. The predicted octanol–water partition coefficient (Wildman–Crippen LogP) is 4.61. The van der Waals surface area contributed by atoms with Crippen LogP contribution in [0.4, 0.5) is 11.8 Å². The molecular weight excluding hydrogens is 404 g/mol. The lowest BCUT2D eigenvalue weighted by atomic mass is 10.1. The molecule has 5 rings (SSSR count). The molecule has 3 N–H and O–H groups in total. The van der Waals surface area contributed by atoms with E-state index in [9.17, 15) is 0 Å². The van der Waals surface area contributed by atoms with Crippen molar-refractivity contribution in [2.24, 2.45) is 0 Å². The van der Waals surface area contributed by atoms with Crippen LogP contribution in [0.15, 0.2) is 53.4 Å². The highest BCUT2D eigenvalue weighted by Gasteiger charge is 2.21. The molecule has 1 aliphatic rings. The second kappa shape index (κ2) is 9.40. The fraction of sp³-hybridized carbons (Fsp3) is 0.375. The highest BCUT2D eigenvalue weighted by Crippen LogP contribution is 2.33. The largest absolute Gasteiger partial charge is 0.464 e. The number of aliphatic hydroxyl groups is 1. The van der Waals surface area contributed by atoms with Crippen LogP contribution >= 0.6 is 0 Å². The summed E-state index contributed by atoms with van der Waals surface area (Å²) in [7, 11) is 0. The molecule has 0 spiro atoms. The topological polar surface area (TPSA) is 101 Å². The number of rotatable bonds is 9. The molecule has 8 heteroatoms. The molecule has 0 saturated heterocycles. The van der Waals surface area contributed by atoms with Gasteiger partial charge in [-0.05, 0) is 37.0 Å². The van der Waals surface area contributed by atoms with E-state index in [1.807, 2.05) is 18.5 Å². The fourth-order valence-corrected chi connectivity index (χ4v) is 4.26. The maximum absolute atomic E-state index is 9.10. The highest BCUT2D eigenvalue weighted by atomic mass is 16.3. The lowest BCUT2D eigenvalue weighted by Gasteiger charge is -2.14. The SMILES string of the molecule is OCCCNc1nc(NCc2ccc(-c3ccco3)cc2)c2ncn(C3CCCC3)c2n1. The van der Waals surface area contributed by atoms with Gasteiger partial charge in [-0.2, -0.15) is 9.97 Å². The maximum atomic E-state index is 9.10. The third-order valence-corrected chi connectivity index (χ3v) is 5.98. The van der Waals surface area contributed by atoms with Crippen LogP contribution in [0.3, 0.4) is 0 Å². The molecule has 1 aliphatic carbocycles. The van der Waals surface area contributed by atoms with E-state index in [1.54, 1.807) is 6.26 Å². The molecule has 1 aromatic carbocycles. The molecule has 3 heterocycles. The van der Waals surface area contributed by atoms with Crippen molar-refractivity contribution in [3.05, 3.63) is 54.6 Å². The number of fused-ring (bicyclic) bond motifs is 1. The first-order valence-corrected chi connectivity index (χ1v) is 11.3. The number of aliphatic hydroxyl groups excluding tert-OH is 1. The van der Waals surface area contributed by atoms with Crippen LogP contribution in [0.5, 0.6) is 0 Å². The zero-order chi connectivity index (χ0) is 21.8. The van der Waals surface area contributed by atoms with Gasteiger partial charge in [0.05, 0.1) is 12.6 Å².